The third-order valence-corrected chi connectivity index (χ3v) is 13.1. The smallest absolute Gasteiger partial charge is 0.315 e. The number of aliphatic imine (C=N–C) groups is 1. The van der Waals surface area contributed by atoms with Gasteiger partial charge in [-0.05, 0) is 45.1 Å². The van der Waals surface area contributed by atoms with Gasteiger partial charge in [-0.25, -0.2) is 4.79 Å². The van der Waals surface area contributed by atoms with Crippen molar-refractivity contribution >= 4 is 52.7 Å². The highest BCUT2D eigenvalue weighted by molar-refractivity contribution is 8.00. The lowest BCUT2D eigenvalue weighted by Crippen LogP contribution is -2.36. The summed E-state index contributed by atoms with van der Waals surface area (Å²) < 4.78 is 21.3. The van der Waals surface area contributed by atoms with Crippen molar-refractivity contribution in [2.24, 2.45) is 4.99 Å². The maximum absolute atomic E-state index is 15.1. The molecule has 0 bridgehead atoms. The molecule has 0 spiro atoms. The van der Waals surface area contributed by atoms with Crippen molar-refractivity contribution in [2.45, 2.75) is 69.2 Å². The van der Waals surface area contributed by atoms with Crippen molar-refractivity contribution in [3.05, 3.63) is 90.5 Å². The Labute approximate surface area is 276 Å². The van der Waals surface area contributed by atoms with Crippen LogP contribution in [0.5, 0.6) is 0 Å². The average molecular weight is 661 g/mol. The van der Waals surface area contributed by atoms with E-state index in [1.165, 1.54) is 0 Å². The zero-order chi connectivity index (χ0) is 32.2. The SMILES string of the molecule is CC/N=C(\OCCCCCNC(=O)CCCC[C@@H]1SC[C@@H]2NC(=O)N[C@@H]21)c1ccccc1P(=O)(c1ccccc1)c1ccccc1. The number of carbonyl (C=O) groups is 2. The van der Waals surface area contributed by atoms with Gasteiger partial charge in [-0.3, -0.25) is 9.79 Å². The van der Waals surface area contributed by atoms with E-state index in [1.807, 2.05) is 104 Å². The molecule has 8 nitrogen and oxygen atoms in total. The molecule has 5 rings (SSSR count). The number of nitrogens with zero attached hydrogens (tertiary/aromatic N) is 1. The molecule has 0 unspecified atom stereocenters. The molecular weight excluding hydrogens is 615 g/mol. The second kappa shape index (κ2) is 16.8. The van der Waals surface area contributed by atoms with Crippen molar-refractivity contribution in [2.75, 3.05) is 25.4 Å². The molecule has 2 fully saturated rings. The molecule has 10 heteroatoms. The van der Waals surface area contributed by atoms with E-state index in [2.05, 4.69) is 20.9 Å². The zero-order valence-electron chi connectivity index (χ0n) is 26.5. The lowest BCUT2D eigenvalue weighted by Gasteiger charge is -2.23. The van der Waals surface area contributed by atoms with Crippen LogP contribution in [0.15, 0.2) is 89.9 Å². The molecule has 3 atom stereocenters. The van der Waals surface area contributed by atoms with Gasteiger partial charge in [0.15, 0.2) is 7.14 Å². The first-order valence-corrected chi connectivity index (χ1v) is 19.2. The van der Waals surface area contributed by atoms with Crippen LogP contribution >= 0.6 is 18.9 Å². The van der Waals surface area contributed by atoms with Gasteiger partial charge >= 0.3 is 6.03 Å². The van der Waals surface area contributed by atoms with Gasteiger partial charge < -0.3 is 25.3 Å². The van der Waals surface area contributed by atoms with E-state index >= 15 is 4.57 Å². The van der Waals surface area contributed by atoms with Gasteiger partial charge in [-0.2, -0.15) is 11.8 Å². The summed E-state index contributed by atoms with van der Waals surface area (Å²) in [5, 5.41) is 11.7. The predicted molar refractivity (Wildman–Crippen MR) is 190 cm³/mol. The van der Waals surface area contributed by atoms with Crippen molar-refractivity contribution in [3.8, 4) is 0 Å². The molecule has 2 saturated heterocycles. The molecule has 0 saturated carbocycles. The fraction of sp³-hybridized carbons (Fsp3) is 0.417. The maximum atomic E-state index is 15.1. The molecule has 0 aromatic heterocycles. The Hall–Kier alpha value is -3.55. The first-order valence-electron chi connectivity index (χ1n) is 16.4. The minimum Gasteiger partial charge on any atom is -0.477 e. The van der Waals surface area contributed by atoms with Crippen molar-refractivity contribution in [1.82, 2.24) is 16.0 Å². The molecule has 244 valence electrons. The Kier molecular flexibility index (Phi) is 12.4. The minimum absolute atomic E-state index is 0.0553. The predicted octanol–water partition coefficient (Wildman–Crippen LogP) is 5.12. The van der Waals surface area contributed by atoms with E-state index in [-0.39, 0.29) is 24.0 Å². The van der Waals surface area contributed by atoms with Crippen LogP contribution in [0.25, 0.3) is 0 Å². The number of urea groups is 1. The second-order valence-corrected chi connectivity index (χ2v) is 15.7. The fourth-order valence-electron chi connectivity index (χ4n) is 6.15. The lowest BCUT2D eigenvalue weighted by atomic mass is 10.0. The average Bonchev–Trinajstić information content (AvgIpc) is 3.65. The molecule has 0 aliphatic carbocycles. The summed E-state index contributed by atoms with van der Waals surface area (Å²) >= 11 is 1.91. The molecule has 0 radical (unpaired) electrons. The molecular formula is C36H45N4O4PS. The van der Waals surface area contributed by atoms with E-state index in [1.54, 1.807) is 0 Å². The Morgan fingerprint density at radius 2 is 1.61 bits per heavy atom. The van der Waals surface area contributed by atoms with Gasteiger partial charge in [0.05, 0.1) is 18.7 Å². The van der Waals surface area contributed by atoms with Gasteiger partial charge in [-0.15, -0.1) is 0 Å². The van der Waals surface area contributed by atoms with Crippen LogP contribution in [0, 0.1) is 0 Å². The van der Waals surface area contributed by atoms with Crippen molar-refractivity contribution in [3.63, 3.8) is 0 Å². The van der Waals surface area contributed by atoms with Gasteiger partial charge in [-0.1, -0.05) is 85.3 Å². The normalized spacial score (nSPS) is 19.3. The topological polar surface area (TPSA) is 109 Å². The number of carbonyl (C=O) groups excluding carboxylic acids is 2. The molecule has 2 aliphatic heterocycles. The summed E-state index contributed by atoms with van der Waals surface area (Å²) in [5.74, 6) is 1.57. The number of hydrogen-bond acceptors (Lipinski definition) is 6. The highest BCUT2D eigenvalue weighted by Gasteiger charge is 2.42. The highest BCUT2D eigenvalue weighted by Crippen LogP contribution is 2.43. The minimum atomic E-state index is -3.20. The van der Waals surface area contributed by atoms with E-state index in [0.29, 0.717) is 37.3 Å². The molecule has 3 aromatic rings. The van der Waals surface area contributed by atoms with E-state index in [9.17, 15) is 9.59 Å². The van der Waals surface area contributed by atoms with E-state index < -0.39 is 7.14 Å². The number of fused-ring (bicyclic) bond motifs is 1. The molecule has 3 aromatic carbocycles. The fourth-order valence-corrected chi connectivity index (χ4v) is 10.5. The molecule has 46 heavy (non-hydrogen) atoms. The van der Waals surface area contributed by atoms with Crippen LogP contribution in [0.3, 0.4) is 0 Å². The van der Waals surface area contributed by atoms with E-state index in [4.69, 9.17) is 4.74 Å². The molecule has 2 aliphatic rings. The monoisotopic (exact) mass is 660 g/mol. The highest BCUT2D eigenvalue weighted by atomic mass is 32.2. The summed E-state index contributed by atoms with van der Waals surface area (Å²) in [6.07, 6.45) is 6.00. The maximum Gasteiger partial charge on any atom is 0.315 e. The van der Waals surface area contributed by atoms with Gasteiger partial charge in [0.2, 0.25) is 11.8 Å². The van der Waals surface area contributed by atoms with E-state index in [0.717, 1.165) is 65.8 Å². The summed E-state index contributed by atoms with van der Waals surface area (Å²) in [6, 6.07) is 27.5. The molecule has 3 N–H and O–H groups in total. The lowest BCUT2D eigenvalue weighted by molar-refractivity contribution is -0.121. The summed E-state index contributed by atoms with van der Waals surface area (Å²) in [7, 11) is -3.20. The number of hydrogen-bond donors (Lipinski definition) is 3. The number of unbranched alkanes of at least 4 members (excludes halogenated alkanes) is 3. The van der Waals surface area contributed by atoms with Crippen LogP contribution in [0.1, 0.15) is 57.4 Å². The third-order valence-electron chi connectivity index (χ3n) is 8.48. The Balaban J connectivity index is 1.07. The van der Waals surface area contributed by atoms with Gasteiger partial charge in [0, 0.05) is 52.0 Å². The van der Waals surface area contributed by atoms with Crippen LogP contribution in [0.2, 0.25) is 0 Å². The van der Waals surface area contributed by atoms with Crippen molar-refractivity contribution in [1.29, 1.82) is 0 Å². The van der Waals surface area contributed by atoms with Crippen LogP contribution in [-0.2, 0) is 14.1 Å². The number of ether oxygens (including phenoxy) is 1. The number of thioether (sulfide) groups is 1. The largest absolute Gasteiger partial charge is 0.477 e. The van der Waals surface area contributed by atoms with Gasteiger partial charge in [0.25, 0.3) is 0 Å². The summed E-state index contributed by atoms with van der Waals surface area (Å²) in [4.78, 5) is 28.6. The molecule has 3 amide bonds. The first-order chi connectivity index (χ1) is 22.5. The second-order valence-electron chi connectivity index (χ2n) is 11.7. The van der Waals surface area contributed by atoms with Gasteiger partial charge in [0.1, 0.15) is 0 Å². The number of rotatable bonds is 16. The standard InChI is InChI=1S/C36H45N4O4PS/c1-2-37-35(29-20-10-11-21-31(29)45(43,27-16-6-3-7-17-27)28-18-8-4-9-19-28)44-25-15-5-14-24-38-33(41)23-13-12-22-32-34-30(26-46-32)39-36(42)40-34/h3-4,6-11,16-21,30,32,34H,2,5,12-15,22-26H2,1H3,(H,38,41)(H2,39,40,42)/b37-35-/t30-,32-,34-/m0/s1. The number of amides is 3. The first kappa shape index (κ1) is 33.8. The Morgan fingerprint density at radius 3 is 2.33 bits per heavy atom. The van der Waals surface area contributed by atoms with Crippen molar-refractivity contribution < 1.29 is 18.9 Å². The van der Waals surface area contributed by atoms with Crippen LogP contribution in [0.4, 0.5) is 4.79 Å². The summed E-state index contributed by atoms with van der Waals surface area (Å²) in [6.45, 7) is 3.65. The molecule has 2 heterocycles. The zero-order valence-corrected chi connectivity index (χ0v) is 28.2. The quantitative estimate of drug-likeness (QED) is 0.0650. The number of nitrogens with one attached hydrogen (secondary N) is 3. The Morgan fingerprint density at radius 1 is 0.913 bits per heavy atom. The Bertz CT molecular complexity index is 1480. The third kappa shape index (κ3) is 8.42. The summed E-state index contributed by atoms with van der Waals surface area (Å²) in [5.41, 5.74) is 0.753. The number of benzene rings is 3. The van der Waals surface area contributed by atoms with Crippen LogP contribution in [-0.4, -0.2) is 60.6 Å². The van der Waals surface area contributed by atoms with Crippen LogP contribution < -0.4 is 31.9 Å².